The average Bonchev–Trinajstić information content (AvgIpc) is 2.26. The molecule has 0 aromatic heterocycles. The zero-order valence-corrected chi connectivity index (χ0v) is 12.0. The fourth-order valence-electron chi connectivity index (χ4n) is 1.80. The van der Waals surface area contributed by atoms with E-state index in [-0.39, 0.29) is 6.04 Å². The molecule has 5 heteroatoms. The summed E-state index contributed by atoms with van der Waals surface area (Å²) >= 11 is 3.12. The Morgan fingerprint density at radius 2 is 1.89 bits per heavy atom. The molecular formula is C13H17BrF3N. The number of nitrogens with one attached hydrogen (secondary N) is 1. The molecule has 1 aromatic rings. The van der Waals surface area contributed by atoms with E-state index in [2.05, 4.69) is 28.2 Å². The Labute approximate surface area is 114 Å². The SMILES string of the molecule is CCCC(CC)Nc1cc(Br)cc(C(F)(F)F)c1. The minimum atomic E-state index is -4.31. The molecule has 1 nitrogen and oxygen atoms in total. The fourth-order valence-corrected chi connectivity index (χ4v) is 2.29. The first-order chi connectivity index (χ1) is 8.36. The Bertz CT molecular complexity index is 390. The molecule has 0 spiro atoms. The van der Waals surface area contributed by atoms with Crippen LogP contribution in [0.2, 0.25) is 0 Å². The van der Waals surface area contributed by atoms with Crippen LogP contribution in [0.5, 0.6) is 0 Å². The molecule has 1 N–H and O–H groups in total. The Balaban J connectivity index is 2.92. The first-order valence-electron chi connectivity index (χ1n) is 6.01. The highest BCUT2D eigenvalue weighted by Gasteiger charge is 2.31. The molecule has 0 amide bonds. The van der Waals surface area contributed by atoms with Gasteiger partial charge in [0, 0.05) is 16.2 Å². The van der Waals surface area contributed by atoms with E-state index in [1.165, 1.54) is 0 Å². The predicted molar refractivity (Wildman–Crippen MR) is 71.8 cm³/mol. The van der Waals surface area contributed by atoms with Crippen LogP contribution < -0.4 is 5.32 Å². The van der Waals surface area contributed by atoms with Crippen LogP contribution >= 0.6 is 15.9 Å². The van der Waals surface area contributed by atoms with Crippen molar-refractivity contribution in [1.82, 2.24) is 0 Å². The fraction of sp³-hybridized carbons (Fsp3) is 0.538. The third kappa shape index (κ3) is 4.52. The zero-order chi connectivity index (χ0) is 13.8. The second-order valence-electron chi connectivity index (χ2n) is 4.26. The Hall–Kier alpha value is -0.710. The second-order valence-corrected chi connectivity index (χ2v) is 5.18. The van der Waals surface area contributed by atoms with Gasteiger partial charge in [-0.15, -0.1) is 0 Å². The second kappa shape index (κ2) is 6.45. The molecule has 0 heterocycles. The maximum atomic E-state index is 12.7. The summed E-state index contributed by atoms with van der Waals surface area (Å²) in [5.74, 6) is 0. The molecule has 0 aliphatic carbocycles. The van der Waals surface area contributed by atoms with E-state index in [9.17, 15) is 13.2 Å². The molecule has 1 aromatic carbocycles. The lowest BCUT2D eigenvalue weighted by Gasteiger charge is -2.19. The maximum Gasteiger partial charge on any atom is 0.416 e. The predicted octanol–water partition coefficient (Wildman–Crippen LogP) is 5.46. The number of rotatable bonds is 5. The number of hydrogen-bond acceptors (Lipinski definition) is 1. The molecule has 1 unspecified atom stereocenters. The smallest absolute Gasteiger partial charge is 0.382 e. The summed E-state index contributed by atoms with van der Waals surface area (Å²) in [5.41, 5.74) is -0.122. The number of alkyl halides is 3. The van der Waals surface area contributed by atoms with Gasteiger partial charge >= 0.3 is 6.18 Å². The van der Waals surface area contributed by atoms with Gasteiger partial charge in [-0.1, -0.05) is 36.2 Å². The highest BCUT2D eigenvalue weighted by Crippen LogP contribution is 2.33. The summed E-state index contributed by atoms with van der Waals surface area (Å²) in [6.45, 7) is 4.09. The lowest BCUT2D eigenvalue weighted by atomic mass is 10.1. The van der Waals surface area contributed by atoms with Gasteiger partial charge in [0.05, 0.1) is 5.56 Å². The first kappa shape index (κ1) is 15.3. The molecule has 18 heavy (non-hydrogen) atoms. The van der Waals surface area contributed by atoms with Crippen molar-refractivity contribution < 1.29 is 13.2 Å². The van der Waals surface area contributed by atoms with Crippen molar-refractivity contribution in [3.8, 4) is 0 Å². The topological polar surface area (TPSA) is 12.0 Å². The monoisotopic (exact) mass is 323 g/mol. The van der Waals surface area contributed by atoms with Crippen molar-refractivity contribution in [2.75, 3.05) is 5.32 Å². The van der Waals surface area contributed by atoms with Gasteiger partial charge in [-0.25, -0.2) is 0 Å². The number of anilines is 1. The van der Waals surface area contributed by atoms with E-state index >= 15 is 0 Å². The molecule has 0 aliphatic heterocycles. The molecule has 102 valence electrons. The van der Waals surface area contributed by atoms with Crippen LogP contribution in [-0.2, 0) is 6.18 Å². The van der Waals surface area contributed by atoms with E-state index in [0.717, 1.165) is 31.4 Å². The average molecular weight is 324 g/mol. The lowest BCUT2D eigenvalue weighted by Crippen LogP contribution is -2.18. The highest BCUT2D eigenvalue weighted by atomic mass is 79.9. The highest BCUT2D eigenvalue weighted by molar-refractivity contribution is 9.10. The van der Waals surface area contributed by atoms with E-state index in [1.807, 2.05) is 6.92 Å². The van der Waals surface area contributed by atoms with Gasteiger partial charge in [-0.3, -0.25) is 0 Å². The zero-order valence-electron chi connectivity index (χ0n) is 10.4. The summed E-state index contributed by atoms with van der Waals surface area (Å²) < 4.78 is 38.4. The number of hydrogen-bond donors (Lipinski definition) is 1. The minimum absolute atomic E-state index is 0.213. The van der Waals surface area contributed by atoms with Crippen LogP contribution in [-0.4, -0.2) is 6.04 Å². The third-order valence-electron chi connectivity index (χ3n) is 2.73. The number of halogens is 4. The van der Waals surface area contributed by atoms with Gasteiger partial charge < -0.3 is 5.32 Å². The Morgan fingerprint density at radius 1 is 1.22 bits per heavy atom. The van der Waals surface area contributed by atoms with Crippen LogP contribution in [0.25, 0.3) is 0 Å². The Kier molecular flexibility index (Phi) is 5.50. The summed E-state index contributed by atoms with van der Waals surface area (Å²) in [7, 11) is 0. The summed E-state index contributed by atoms with van der Waals surface area (Å²) in [6, 6.07) is 4.13. The molecule has 1 atom stereocenters. The van der Waals surface area contributed by atoms with E-state index in [0.29, 0.717) is 10.2 Å². The van der Waals surface area contributed by atoms with Crippen LogP contribution in [0.1, 0.15) is 38.7 Å². The molecule has 0 bridgehead atoms. The molecule has 0 saturated heterocycles. The summed E-state index contributed by atoms with van der Waals surface area (Å²) in [4.78, 5) is 0. The molecule has 0 saturated carbocycles. The Morgan fingerprint density at radius 3 is 2.39 bits per heavy atom. The summed E-state index contributed by atoms with van der Waals surface area (Å²) in [6.07, 6.45) is -1.47. The van der Waals surface area contributed by atoms with Crippen molar-refractivity contribution in [2.24, 2.45) is 0 Å². The molecule has 0 aliphatic rings. The van der Waals surface area contributed by atoms with Crippen LogP contribution in [0.4, 0.5) is 18.9 Å². The van der Waals surface area contributed by atoms with Crippen molar-refractivity contribution in [2.45, 2.75) is 45.3 Å². The van der Waals surface area contributed by atoms with E-state index in [4.69, 9.17) is 0 Å². The van der Waals surface area contributed by atoms with Crippen molar-refractivity contribution in [3.63, 3.8) is 0 Å². The largest absolute Gasteiger partial charge is 0.416 e. The van der Waals surface area contributed by atoms with Crippen LogP contribution in [0, 0.1) is 0 Å². The van der Waals surface area contributed by atoms with Crippen molar-refractivity contribution >= 4 is 21.6 Å². The number of benzene rings is 1. The summed E-state index contributed by atoms with van der Waals surface area (Å²) in [5, 5.41) is 3.15. The van der Waals surface area contributed by atoms with Crippen LogP contribution in [0.3, 0.4) is 0 Å². The standard InChI is InChI=1S/C13H17BrF3N/c1-3-5-11(4-2)18-12-7-9(13(15,16)17)6-10(14)8-12/h6-8,11,18H,3-5H2,1-2H3. The van der Waals surface area contributed by atoms with Crippen LogP contribution in [0.15, 0.2) is 22.7 Å². The van der Waals surface area contributed by atoms with E-state index in [1.54, 1.807) is 6.07 Å². The lowest BCUT2D eigenvalue weighted by molar-refractivity contribution is -0.137. The van der Waals surface area contributed by atoms with Crippen molar-refractivity contribution in [1.29, 1.82) is 0 Å². The maximum absolute atomic E-state index is 12.7. The van der Waals surface area contributed by atoms with Gasteiger partial charge in [0.25, 0.3) is 0 Å². The normalized spacial score (nSPS) is 13.4. The van der Waals surface area contributed by atoms with Gasteiger partial charge in [-0.05, 0) is 31.0 Å². The van der Waals surface area contributed by atoms with Crippen molar-refractivity contribution in [3.05, 3.63) is 28.2 Å². The van der Waals surface area contributed by atoms with Gasteiger partial charge in [0.2, 0.25) is 0 Å². The first-order valence-corrected chi connectivity index (χ1v) is 6.80. The third-order valence-corrected chi connectivity index (χ3v) is 3.18. The molecule has 1 rings (SSSR count). The molecule has 0 radical (unpaired) electrons. The molecule has 0 fully saturated rings. The van der Waals surface area contributed by atoms with Gasteiger partial charge in [0.1, 0.15) is 0 Å². The minimum Gasteiger partial charge on any atom is -0.382 e. The van der Waals surface area contributed by atoms with Gasteiger partial charge in [0.15, 0.2) is 0 Å². The van der Waals surface area contributed by atoms with Gasteiger partial charge in [-0.2, -0.15) is 13.2 Å². The molecular weight excluding hydrogens is 307 g/mol. The quantitative estimate of drug-likeness (QED) is 0.758. The van der Waals surface area contributed by atoms with E-state index < -0.39 is 11.7 Å².